The third kappa shape index (κ3) is 3.35. The largest absolute Gasteiger partial charge is 0.395 e. The Morgan fingerprint density at radius 1 is 1.33 bits per heavy atom. The predicted molar refractivity (Wildman–Crippen MR) is 98.1 cm³/mol. The normalized spacial score (nSPS) is 16.8. The van der Waals surface area contributed by atoms with Crippen molar-refractivity contribution in [3.63, 3.8) is 0 Å². The van der Waals surface area contributed by atoms with Crippen molar-refractivity contribution in [2.24, 2.45) is 0 Å². The van der Waals surface area contributed by atoms with Crippen LogP contribution in [0.1, 0.15) is 34.9 Å². The van der Waals surface area contributed by atoms with Crippen LogP contribution >= 0.6 is 0 Å². The molecular weight excluding hydrogens is 349 g/mol. The molecule has 8 heteroatoms. The zero-order valence-corrected chi connectivity index (χ0v) is 14.7. The van der Waals surface area contributed by atoms with E-state index >= 15 is 0 Å². The third-order valence-corrected chi connectivity index (χ3v) is 4.76. The molecule has 1 fully saturated rings. The summed E-state index contributed by atoms with van der Waals surface area (Å²) in [7, 11) is 0. The van der Waals surface area contributed by atoms with Crippen LogP contribution in [0.25, 0.3) is 5.65 Å². The summed E-state index contributed by atoms with van der Waals surface area (Å²) in [4.78, 5) is 18.6. The van der Waals surface area contributed by atoms with Gasteiger partial charge in [-0.25, -0.2) is 13.9 Å². The fraction of sp³-hybridized carbons (Fsp3) is 0.316. The monoisotopic (exact) mass is 369 g/mol. The maximum Gasteiger partial charge on any atom is 0.271 e. The van der Waals surface area contributed by atoms with Crippen molar-refractivity contribution < 1.29 is 14.3 Å². The lowest BCUT2D eigenvalue weighted by atomic mass is 10.0. The Labute approximate surface area is 155 Å². The molecule has 0 unspecified atom stereocenters. The van der Waals surface area contributed by atoms with Crippen LogP contribution in [0.4, 0.5) is 10.2 Å². The van der Waals surface area contributed by atoms with E-state index in [2.05, 4.69) is 20.3 Å². The molecule has 1 atom stereocenters. The lowest BCUT2D eigenvalue weighted by molar-refractivity contribution is 0.0937. The van der Waals surface area contributed by atoms with Gasteiger partial charge in [0.2, 0.25) is 0 Å². The number of hydrogen-bond acceptors (Lipinski definition) is 5. The van der Waals surface area contributed by atoms with E-state index in [0.29, 0.717) is 17.2 Å². The molecule has 1 saturated heterocycles. The van der Waals surface area contributed by atoms with E-state index in [0.717, 1.165) is 24.9 Å². The minimum absolute atomic E-state index is 0.0424. The molecule has 3 heterocycles. The van der Waals surface area contributed by atoms with Gasteiger partial charge in [0.05, 0.1) is 18.8 Å². The maximum absolute atomic E-state index is 13.7. The molecule has 0 aliphatic carbocycles. The Hall–Kier alpha value is -3.00. The summed E-state index contributed by atoms with van der Waals surface area (Å²) in [5.74, 6) is 0.119. The molecule has 0 bridgehead atoms. The van der Waals surface area contributed by atoms with Crippen molar-refractivity contribution in [1.29, 1.82) is 0 Å². The number of aliphatic hydroxyl groups excluding tert-OH is 1. The summed E-state index contributed by atoms with van der Waals surface area (Å²) in [5, 5.41) is 16.1. The Balaban J connectivity index is 1.67. The minimum Gasteiger partial charge on any atom is -0.395 e. The molecule has 140 valence electrons. The number of rotatable bonds is 5. The summed E-state index contributed by atoms with van der Waals surface area (Å²) in [6.07, 6.45) is 3.36. The van der Waals surface area contributed by atoms with Crippen LogP contribution in [0.5, 0.6) is 0 Å². The van der Waals surface area contributed by atoms with Gasteiger partial charge in [0.1, 0.15) is 11.6 Å². The number of carbonyl (C=O) groups is 1. The molecule has 1 aromatic carbocycles. The van der Waals surface area contributed by atoms with Gasteiger partial charge in [0, 0.05) is 13.1 Å². The Bertz CT molecular complexity index is 974. The first-order chi connectivity index (χ1) is 13.2. The summed E-state index contributed by atoms with van der Waals surface area (Å²) in [6, 6.07) is 10.4. The zero-order chi connectivity index (χ0) is 18.8. The zero-order valence-electron chi connectivity index (χ0n) is 14.7. The van der Waals surface area contributed by atoms with Crippen molar-refractivity contribution in [2.75, 3.05) is 24.6 Å². The van der Waals surface area contributed by atoms with Crippen molar-refractivity contribution in [2.45, 2.75) is 18.9 Å². The van der Waals surface area contributed by atoms with Crippen molar-refractivity contribution in [3.8, 4) is 0 Å². The molecule has 0 radical (unpaired) electrons. The van der Waals surface area contributed by atoms with Gasteiger partial charge in [-0.1, -0.05) is 12.1 Å². The number of aromatic nitrogens is 3. The average molecular weight is 369 g/mol. The van der Waals surface area contributed by atoms with E-state index in [4.69, 9.17) is 5.11 Å². The number of carbonyl (C=O) groups excluding carboxylic acids is 1. The van der Waals surface area contributed by atoms with Gasteiger partial charge < -0.3 is 15.3 Å². The molecule has 2 aromatic heterocycles. The number of amides is 1. The molecule has 3 aromatic rings. The molecule has 2 N–H and O–H groups in total. The van der Waals surface area contributed by atoms with E-state index in [1.807, 2.05) is 18.2 Å². The summed E-state index contributed by atoms with van der Waals surface area (Å²) < 4.78 is 15.2. The van der Waals surface area contributed by atoms with E-state index in [1.54, 1.807) is 12.1 Å². The standard InChI is InChI=1S/C19H20FN5O2/c20-14-4-1-3-13(11-14)15-5-2-9-24(15)18-7-6-17-22-12-16(25(17)23-18)19(27)21-8-10-26/h1,3-4,6-7,11-12,15,26H,2,5,8-10H2,(H,21,27)/t15-/m1/s1. The SMILES string of the molecule is O=C(NCCO)c1cnc2ccc(N3CCC[C@@H]3c3cccc(F)c3)nn12. The molecule has 0 spiro atoms. The predicted octanol–water partition coefficient (Wildman–Crippen LogP) is 1.93. The Morgan fingerprint density at radius 2 is 2.22 bits per heavy atom. The summed E-state index contributed by atoms with van der Waals surface area (Å²) in [5.41, 5.74) is 1.79. The number of halogens is 1. The summed E-state index contributed by atoms with van der Waals surface area (Å²) in [6.45, 7) is 0.838. The van der Waals surface area contributed by atoms with Gasteiger partial charge in [-0.05, 0) is 42.7 Å². The van der Waals surface area contributed by atoms with Gasteiger partial charge in [0.15, 0.2) is 11.3 Å². The lowest BCUT2D eigenvalue weighted by Gasteiger charge is -2.26. The van der Waals surface area contributed by atoms with Crippen LogP contribution in [0.15, 0.2) is 42.6 Å². The van der Waals surface area contributed by atoms with Crippen molar-refractivity contribution in [3.05, 3.63) is 59.7 Å². The molecule has 1 aliphatic rings. The van der Waals surface area contributed by atoms with Crippen LogP contribution in [0, 0.1) is 5.82 Å². The van der Waals surface area contributed by atoms with Gasteiger partial charge in [-0.2, -0.15) is 0 Å². The average Bonchev–Trinajstić information content (AvgIpc) is 3.32. The van der Waals surface area contributed by atoms with Crippen LogP contribution in [0.2, 0.25) is 0 Å². The first-order valence-corrected chi connectivity index (χ1v) is 8.93. The van der Waals surface area contributed by atoms with Crippen LogP contribution in [-0.4, -0.2) is 45.3 Å². The Kier molecular flexibility index (Phi) is 4.72. The lowest BCUT2D eigenvalue weighted by Crippen LogP contribution is -2.28. The number of hydrogen-bond donors (Lipinski definition) is 2. The quantitative estimate of drug-likeness (QED) is 0.718. The van der Waals surface area contributed by atoms with Gasteiger partial charge >= 0.3 is 0 Å². The second-order valence-corrected chi connectivity index (χ2v) is 6.49. The first kappa shape index (κ1) is 17.4. The highest BCUT2D eigenvalue weighted by atomic mass is 19.1. The van der Waals surface area contributed by atoms with Crippen LogP contribution in [-0.2, 0) is 0 Å². The van der Waals surface area contributed by atoms with E-state index in [9.17, 15) is 9.18 Å². The molecule has 7 nitrogen and oxygen atoms in total. The van der Waals surface area contributed by atoms with Crippen molar-refractivity contribution in [1.82, 2.24) is 19.9 Å². The number of anilines is 1. The second-order valence-electron chi connectivity index (χ2n) is 6.49. The van der Waals surface area contributed by atoms with Gasteiger partial charge in [-0.3, -0.25) is 4.79 Å². The highest BCUT2D eigenvalue weighted by Gasteiger charge is 2.28. The molecular formula is C19H20FN5O2. The molecule has 1 aliphatic heterocycles. The molecule has 1 amide bonds. The van der Waals surface area contributed by atoms with Crippen LogP contribution < -0.4 is 10.2 Å². The number of aliphatic hydroxyl groups is 1. The number of nitrogens with zero attached hydrogens (tertiary/aromatic N) is 4. The topological polar surface area (TPSA) is 82.8 Å². The van der Waals surface area contributed by atoms with Gasteiger partial charge in [0.25, 0.3) is 5.91 Å². The van der Waals surface area contributed by atoms with E-state index < -0.39 is 0 Å². The number of benzene rings is 1. The molecule has 4 rings (SSSR count). The minimum atomic E-state index is -0.343. The molecule has 0 saturated carbocycles. The fourth-order valence-electron chi connectivity index (χ4n) is 3.53. The first-order valence-electron chi connectivity index (χ1n) is 8.93. The maximum atomic E-state index is 13.7. The van der Waals surface area contributed by atoms with Gasteiger partial charge in [-0.15, -0.1) is 5.10 Å². The molecule has 27 heavy (non-hydrogen) atoms. The third-order valence-electron chi connectivity index (χ3n) is 4.76. The number of nitrogens with one attached hydrogen (secondary N) is 1. The number of imidazole rings is 1. The summed E-state index contributed by atoms with van der Waals surface area (Å²) >= 11 is 0. The Morgan fingerprint density at radius 3 is 3.04 bits per heavy atom. The highest BCUT2D eigenvalue weighted by molar-refractivity contribution is 5.93. The smallest absolute Gasteiger partial charge is 0.271 e. The van der Waals surface area contributed by atoms with Crippen LogP contribution in [0.3, 0.4) is 0 Å². The highest BCUT2D eigenvalue weighted by Crippen LogP contribution is 2.35. The van der Waals surface area contributed by atoms with Crippen molar-refractivity contribution >= 4 is 17.4 Å². The fourth-order valence-corrected chi connectivity index (χ4v) is 3.53. The van der Waals surface area contributed by atoms with E-state index in [-0.39, 0.29) is 30.9 Å². The van der Waals surface area contributed by atoms with E-state index in [1.165, 1.54) is 16.8 Å². The second kappa shape index (κ2) is 7.32. The number of fused-ring (bicyclic) bond motifs is 1.